The molecule has 0 unspecified atom stereocenters. The van der Waals surface area contributed by atoms with Crippen molar-refractivity contribution in [3.8, 4) is 5.75 Å². The van der Waals surface area contributed by atoms with Crippen molar-refractivity contribution in [1.29, 1.82) is 0 Å². The molecule has 4 N–H and O–H groups in total. The molecule has 12 heteroatoms. The lowest BCUT2D eigenvalue weighted by Crippen LogP contribution is -2.31. The van der Waals surface area contributed by atoms with Crippen LogP contribution >= 0.6 is 23.2 Å². The average molecular weight is 458 g/mol. The zero-order valence-electron chi connectivity index (χ0n) is 16.2. The number of aliphatic hydroxyl groups excluding tert-OH is 2. The van der Waals surface area contributed by atoms with E-state index in [0.717, 1.165) is 0 Å². The number of H-pyrrole nitrogens is 1. The van der Waals surface area contributed by atoms with Crippen molar-refractivity contribution in [2.45, 2.75) is 25.7 Å². The van der Waals surface area contributed by atoms with Crippen LogP contribution in [-0.4, -0.2) is 54.7 Å². The fraction of sp³-hybridized carbons (Fsp3) is 0.389. The molecule has 0 aliphatic rings. The minimum atomic E-state index is -1.04. The first-order valence-electron chi connectivity index (χ1n) is 9.04. The third kappa shape index (κ3) is 4.78. The molecule has 3 rings (SSSR count). The smallest absolute Gasteiger partial charge is 0.329 e. The summed E-state index contributed by atoms with van der Waals surface area (Å²) in [5.74, 6) is 0.574. The van der Waals surface area contributed by atoms with Gasteiger partial charge >= 0.3 is 5.69 Å². The number of aromatic nitrogens is 4. The van der Waals surface area contributed by atoms with Gasteiger partial charge in [0.2, 0.25) is 5.95 Å². The van der Waals surface area contributed by atoms with Crippen LogP contribution in [0.1, 0.15) is 6.92 Å². The minimum absolute atomic E-state index is 0.0643. The highest BCUT2D eigenvalue weighted by atomic mass is 35.5. The van der Waals surface area contributed by atoms with E-state index in [2.05, 4.69) is 15.3 Å². The molecule has 0 aliphatic heterocycles. The van der Waals surface area contributed by atoms with E-state index in [4.69, 9.17) is 27.9 Å². The molecule has 162 valence electrons. The summed E-state index contributed by atoms with van der Waals surface area (Å²) in [6.07, 6.45) is -1.72. The van der Waals surface area contributed by atoms with Crippen molar-refractivity contribution < 1.29 is 14.9 Å². The molecule has 0 fully saturated rings. The van der Waals surface area contributed by atoms with Crippen LogP contribution < -0.4 is 21.3 Å². The summed E-state index contributed by atoms with van der Waals surface area (Å²) < 4.78 is 8.18. The maximum absolute atomic E-state index is 12.4. The zero-order chi connectivity index (χ0) is 22.0. The summed E-state index contributed by atoms with van der Waals surface area (Å²) in [6.45, 7) is 1.55. The molecule has 2 heterocycles. The van der Waals surface area contributed by atoms with Crippen LogP contribution in [0.4, 0.5) is 5.95 Å². The molecular formula is C18H21Cl2N5O5. The molecule has 3 aromatic rings. The lowest BCUT2D eigenvalue weighted by molar-refractivity contribution is 0.0938. The van der Waals surface area contributed by atoms with E-state index in [1.54, 1.807) is 19.1 Å². The third-order valence-electron chi connectivity index (χ3n) is 4.28. The molecular weight excluding hydrogens is 437 g/mol. The van der Waals surface area contributed by atoms with E-state index in [1.807, 2.05) is 0 Å². The van der Waals surface area contributed by atoms with Gasteiger partial charge in [0.1, 0.15) is 18.5 Å². The van der Waals surface area contributed by atoms with E-state index in [0.29, 0.717) is 15.8 Å². The number of halogens is 2. The molecule has 0 amide bonds. The monoisotopic (exact) mass is 457 g/mol. The maximum atomic E-state index is 12.4. The number of hydrogen-bond donors (Lipinski definition) is 4. The van der Waals surface area contributed by atoms with Gasteiger partial charge in [-0.3, -0.25) is 14.3 Å². The van der Waals surface area contributed by atoms with Crippen molar-refractivity contribution in [1.82, 2.24) is 19.1 Å². The molecule has 0 radical (unpaired) electrons. The lowest BCUT2D eigenvalue weighted by atomic mass is 10.3. The van der Waals surface area contributed by atoms with Crippen LogP contribution in [0.5, 0.6) is 5.75 Å². The van der Waals surface area contributed by atoms with Gasteiger partial charge in [-0.1, -0.05) is 23.2 Å². The quantitative estimate of drug-likeness (QED) is 0.395. The van der Waals surface area contributed by atoms with Crippen LogP contribution in [0.3, 0.4) is 0 Å². The Morgan fingerprint density at radius 3 is 2.70 bits per heavy atom. The first-order valence-corrected chi connectivity index (χ1v) is 9.80. The number of aryl methyl sites for hydroxylation is 1. The fourth-order valence-electron chi connectivity index (χ4n) is 2.83. The molecule has 30 heavy (non-hydrogen) atoms. The predicted octanol–water partition coefficient (Wildman–Crippen LogP) is 0.963. The zero-order valence-corrected chi connectivity index (χ0v) is 17.7. The Morgan fingerprint density at radius 2 is 2.03 bits per heavy atom. The number of aliphatic hydroxyl groups is 2. The molecule has 0 saturated carbocycles. The predicted molar refractivity (Wildman–Crippen MR) is 114 cm³/mol. The van der Waals surface area contributed by atoms with Gasteiger partial charge in [0.25, 0.3) is 5.56 Å². The second-order valence-electron chi connectivity index (χ2n) is 6.81. The maximum Gasteiger partial charge on any atom is 0.329 e. The van der Waals surface area contributed by atoms with Crippen molar-refractivity contribution in [2.75, 3.05) is 18.5 Å². The summed E-state index contributed by atoms with van der Waals surface area (Å²) in [5, 5.41) is 23.7. The Morgan fingerprint density at radius 1 is 1.30 bits per heavy atom. The molecule has 1 aromatic carbocycles. The molecule has 10 nitrogen and oxygen atoms in total. The number of anilines is 1. The van der Waals surface area contributed by atoms with Crippen LogP contribution in [0, 0.1) is 0 Å². The van der Waals surface area contributed by atoms with Crippen molar-refractivity contribution in [3.63, 3.8) is 0 Å². The van der Waals surface area contributed by atoms with Gasteiger partial charge in [-0.05, 0) is 25.1 Å². The topological polar surface area (TPSA) is 134 Å². The van der Waals surface area contributed by atoms with Crippen LogP contribution in [-0.2, 0) is 13.6 Å². The normalized spacial score (nSPS) is 13.4. The summed E-state index contributed by atoms with van der Waals surface area (Å²) >= 11 is 11.9. The standard InChI is InChI=1S/C18H21Cl2N5O5/c1-9(26)6-21-17-22-15-14(16(28)23-18(29)24(15)2)25(17)7-11(27)8-30-13-4-3-10(19)5-12(13)20/h3-5,9,11,26-27H,6-8H2,1-2H3,(H,21,22)(H,23,28,29)/t9-,11-/m0/s1. The first-order chi connectivity index (χ1) is 14.2. The number of nitrogens with zero attached hydrogens (tertiary/aromatic N) is 3. The largest absolute Gasteiger partial charge is 0.489 e. The van der Waals surface area contributed by atoms with Crippen molar-refractivity contribution >= 4 is 40.3 Å². The Kier molecular flexibility index (Phi) is 6.71. The van der Waals surface area contributed by atoms with E-state index >= 15 is 0 Å². The van der Waals surface area contributed by atoms with Gasteiger partial charge in [-0.2, -0.15) is 4.98 Å². The number of imidazole rings is 1. The van der Waals surface area contributed by atoms with Crippen LogP contribution in [0.15, 0.2) is 27.8 Å². The molecule has 2 aromatic heterocycles. The summed E-state index contributed by atoms with van der Waals surface area (Å²) in [7, 11) is 1.47. The van der Waals surface area contributed by atoms with Crippen molar-refractivity contribution in [3.05, 3.63) is 49.1 Å². The van der Waals surface area contributed by atoms with Gasteiger partial charge in [-0.15, -0.1) is 0 Å². The highest BCUT2D eigenvalue weighted by Crippen LogP contribution is 2.27. The lowest BCUT2D eigenvalue weighted by Gasteiger charge is -2.16. The SMILES string of the molecule is C[C@H](O)CNc1nc2c(c(=O)[nH]c(=O)n2C)n1C[C@H](O)COc1ccc(Cl)cc1Cl. The van der Waals surface area contributed by atoms with Crippen LogP contribution in [0.25, 0.3) is 11.2 Å². The first kappa shape index (κ1) is 22.2. The van der Waals surface area contributed by atoms with Crippen LogP contribution in [0.2, 0.25) is 10.0 Å². The molecule has 0 spiro atoms. The summed E-state index contributed by atoms with van der Waals surface area (Å²) in [6, 6.07) is 4.71. The molecule has 2 atom stereocenters. The highest BCUT2D eigenvalue weighted by Gasteiger charge is 2.20. The number of ether oxygens (including phenoxy) is 1. The van der Waals surface area contributed by atoms with Gasteiger partial charge in [0.15, 0.2) is 11.2 Å². The fourth-order valence-corrected chi connectivity index (χ4v) is 3.29. The summed E-state index contributed by atoms with van der Waals surface area (Å²) in [4.78, 5) is 30.8. The van der Waals surface area contributed by atoms with E-state index in [1.165, 1.54) is 22.2 Å². The van der Waals surface area contributed by atoms with Gasteiger partial charge in [0.05, 0.1) is 17.7 Å². The Hall–Kier alpha value is -2.53. The van der Waals surface area contributed by atoms with E-state index < -0.39 is 23.5 Å². The number of hydrogen-bond acceptors (Lipinski definition) is 7. The third-order valence-corrected chi connectivity index (χ3v) is 4.81. The number of nitrogens with one attached hydrogen (secondary N) is 2. The second kappa shape index (κ2) is 9.09. The number of rotatable bonds is 8. The average Bonchev–Trinajstić information content (AvgIpc) is 3.02. The van der Waals surface area contributed by atoms with E-state index in [-0.39, 0.29) is 36.8 Å². The Bertz CT molecular complexity index is 1170. The molecule has 0 saturated heterocycles. The van der Waals surface area contributed by atoms with E-state index in [9.17, 15) is 19.8 Å². The summed E-state index contributed by atoms with van der Waals surface area (Å²) in [5.41, 5.74) is -1.00. The minimum Gasteiger partial charge on any atom is -0.489 e. The van der Waals surface area contributed by atoms with Gasteiger partial charge < -0.3 is 24.8 Å². The molecule has 0 bridgehead atoms. The van der Waals surface area contributed by atoms with Crippen molar-refractivity contribution in [2.24, 2.45) is 7.05 Å². The second-order valence-corrected chi connectivity index (χ2v) is 7.65. The number of aromatic amines is 1. The Labute approximate surface area is 180 Å². The van der Waals surface area contributed by atoms with Gasteiger partial charge in [0, 0.05) is 18.6 Å². The number of benzene rings is 1. The van der Waals surface area contributed by atoms with Gasteiger partial charge in [-0.25, -0.2) is 4.79 Å². The number of fused-ring (bicyclic) bond motifs is 1. The Balaban J connectivity index is 1.89. The highest BCUT2D eigenvalue weighted by molar-refractivity contribution is 6.35. The molecule has 0 aliphatic carbocycles.